The van der Waals surface area contributed by atoms with Crippen molar-refractivity contribution in [3.63, 3.8) is 0 Å². The van der Waals surface area contributed by atoms with Crippen molar-refractivity contribution in [2.24, 2.45) is 5.73 Å². The molecule has 1 spiro atoms. The van der Waals surface area contributed by atoms with Crippen LogP contribution in [0.25, 0.3) is 0 Å². The van der Waals surface area contributed by atoms with Crippen LogP contribution in [0.5, 0.6) is 23.0 Å². The number of carbonyl (C=O) groups is 2. The normalized spacial score (nSPS) is 14.4. The smallest absolute Gasteiger partial charge is 0.340 e. The van der Waals surface area contributed by atoms with Crippen molar-refractivity contribution in [2.75, 3.05) is 4.43 Å². The number of rotatable bonds is 1. The van der Waals surface area contributed by atoms with Crippen molar-refractivity contribution in [1.29, 1.82) is 0 Å². The summed E-state index contributed by atoms with van der Waals surface area (Å²) in [6.45, 7) is 0. The number of hydrogen-bond acceptors (Lipinski definition) is 6. The Hall–Kier alpha value is -3.27. The summed E-state index contributed by atoms with van der Waals surface area (Å²) in [5.41, 5.74) is 5.93. The van der Waals surface area contributed by atoms with Crippen LogP contribution in [0.2, 0.25) is 0 Å². The molecule has 8 heteroatoms. The number of halogens is 1. The molecule has 0 aliphatic carbocycles. The van der Waals surface area contributed by atoms with Gasteiger partial charge in [0.25, 0.3) is 0 Å². The Bertz CT molecular complexity index is 1120. The summed E-state index contributed by atoms with van der Waals surface area (Å²) >= 11 is 1.90. The minimum absolute atomic E-state index is 0.0371. The van der Waals surface area contributed by atoms with E-state index in [1.807, 2.05) is 34.7 Å². The zero-order chi connectivity index (χ0) is 21.5. The predicted octanol–water partition coefficient (Wildman–Crippen LogP) is 3.57. The molecular formula is C22H16INO6. The maximum Gasteiger partial charge on any atom is 0.340 e. The Balaban J connectivity index is 0.000000393. The second-order valence-electron chi connectivity index (χ2n) is 6.68. The first-order valence-corrected chi connectivity index (χ1v) is 10.4. The van der Waals surface area contributed by atoms with E-state index < -0.39 is 11.6 Å². The molecule has 2 heterocycles. The Kier molecular flexibility index (Phi) is 5.02. The van der Waals surface area contributed by atoms with Crippen molar-refractivity contribution < 1.29 is 29.3 Å². The molecular weight excluding hydrogens is 501 g/mol. The van der Waals surface area contributed by atoms with E-state index >= 15 is 0 Å². The molecule has 0 aromatic heterocycles. The number of aromatic hydroxyl groups is 2. The summed E-state index contributed by atoms with van der Waals surface area (Å²) < 4.78 is 12.2. The number of amides is 1. The van der Waals surface area contributed by atoms with Crippen LogP contribution in [0.4, 0.5) is 0 Å². The lowest BCUT2D eigenvalue weighted by Gasteiger charge is -2.36. The van der Waals surface area contributed by atoms with Gasteiger partial charge in [-0.25, -0.2) is 4.79 Å². The van der Waals surface area contributed by atoms with E-state index in [1.165, 1.54) is 24.3 Å². The lowest BCUT2D eigenvalue weighted by molar-refractivity contribution is -0.115. The number of primary amides is 1. The number of alkyl halides is 1. The molecule has 0 bridgehead atoms. The first kappa shape index (κ1) is 20.0. The molecule has 0 radical (unpaired) electrons. The fourth-order valence-corrected chi connectivity index (χ4v) is 3.65. The average Bonchev–Trinajstić information content (AvgIpc) is 3.01. The van der Waals surface area contributed by atoms with Crippen LogP contribution in [0.3, 0.4) is 0 Å². The lowest BCUT2D eigenvalue weighted by atomic mass is 9.77. The van der Waals surface area contributed by atoms with Crippen molar-refractivity contribution in [3.05, 3.63) is 82.9 Å². The number of carbonyl (C=O) groups excluding carboxylic acids is 2. The lowest BCUT2D eigenvalue weighted by Crippen LogP contribution is -2.32. The van der Waals surface area contributed by atoms with Crippen molar-refractivity contribution in [3.8, 4) is 23.0 Å². The van der Waals surface area contributed by atoms with E-state index in [0.29, 0.717) is 38.2 Å². The Morgan fingerprint density at radius 2 is 1.47 bits per heavy atom. The standard InChI is InChI=1S/C20H12O5.C2H4INO/c21-11-5-7-15-17(9-11)24-18-10-12(22)6-8-16(18)20(15)14-4-2-1-3-13(14)19(23)25-20;3-1-2(4)5/h1-10,21-22H;1H2,(H2,4,5). The van der Waals surface area contributed by atoms with Crippen LogP contribution >= 0.6 is 22.6 Å². The van der Waals surface area contributed by atoms with Gasteiger partial charge in [-0.3, -0.25) is 4.79 Å². The van der Waals surface area contributed by atoms with Gasteiger partial charge in [0.15, 0.2) is 5.60 Å². The third kappa shape index (κ3) is 3.13. The summed E-state index contributed by atoms with van der Waals surface area (Å²) in [5.74, 6) is 0.150. The zero-order valence-electron chi connectivity index (χ0n) is 15.5. The second-order valence-corrected chi connectivity index (χ2v) is 7.44. The molecule has 152 valence electrons. The second kappa shape index (κ2) is 7.52. The number of phenolic OH excluding ortho intramolecular Hbond substituents is 2. The summed E-state index contributed by atoms with van der Waals surface area (Å²) in [5, 5.41) is 19.7. The van der Waals surface area contributed by atoms with E-state index in [9.17, 15) is 19.8 Å². The van der Waals surface area contributed by atoms with Gasteiger partial charge in [0.2, 0.25) is 5.91 Å². The fourth-order valence-electron chi connectivity index (χ4n) is 3.65. The highest BCUT2D eigenvalue weighted by atomic mass is 127. The van der Waals surface area contributed by atoms with Gasteiger partial charge in [-0.1, -0.05) is 40.8 Å². The van der Waals surface area contributed by atoms with Crippen LogP contribution in [-0.4, -0.2) is 26.5 Å². The highest BCUT2D eigenvalue weighted by Crippen LogP contribution is 2.56. The first-order valence-electron chi connectivity index (χ1n) is 8.88. The molecule has 0 atom stereocenters. The number of hydrogen-bond donors (Lipinski definition) is 3. The average molecular weight is 517 g/mol. The van der Waals surface area contributed by atoms with Gasteiger partial charge in [-0.05, 0) is 30.3 Å². The third-order valence-corrected chi connectivity index (χ3v) is 5.56. The van der Waals surface area contributed by atoms with E-state index in [1.54, 1.807) is 24.3 Å². The molecule has 0 saturated carbocycles. The van der Waals surface area contributed by atoms with Crippen LogP contribution < -0.4 is 10.5 Å². The highest BCUT2D eigenvalue weighted by Gasteiger charge is 2.53. The minimum atomic E-state index is -1.17. The SMILES string of the molecule is NC(=O)CI.O=C1OC2(c3ccc(O)cc3Oc3cc(O)ccc32)c2ccccc21. The molecule has 3 aromatic carbocycles. The molecule has 2 aliphatic rings. The molecule has 0 saturated heterocycles. The van der Waals surface area contributed by atoms with E-state index in [-0.39, 0.29) is 17.4 Å². The van der Waals surface area contributed by atoms with Crippen molar-refractivity contribution in [2.45, 2.75) is 5.60 Å². The topological polar surface area (TPSA) is 119 Å². The van der Waals surface area contributed by atoms with Crippen LogP contribution in [0.15, 0.2) is 60.7 Å². The quantitative estimate of drug-likeness (QED) is 0.258. The number of ether oxygens (including phenoxy) is 2. The summed E-state index contributed by atoms with van der Waals surface area (Å²) in [6, 6.07) is 16.6. The van der Waals surface area contributed by atoms with Gasteiger partial charge < -0.3 is 25.4 Å². The van der Waals surface area contributed by atoms with Crippen molar-refractivity contribution >= 4 is 34.5 Å². The predicted molar refractivity (Wildman–Crippen MR) is 116 cm³/mol. The van der Waals surface area contributed by atoms with Gasteiger partial charge in [-0.2, -0.15) is 0 Å². The molecule has 0 fully saturated rings. The molecule has 4 N–H and O–H groups in total. The monoisotopic (exact) mass is 517 g/mol. The molecule has 30 heavy (non-hydrogen) atoms. The van der Waals surface area contributed by atoms with Crippen molar-refractivity contribution in [1.82, 2.24) is 0 Å². The molecule has 3 aromatic rings. The first-order chi connectivity index (χ1) is 14.4. The molecule has 2 aliphatic heterocycles. The number of esters is 1. The number of benzene rings is 3. The van der Waals surface area contributed by atoms with E-state index in [4.69, 9.17) is 9.47 Å². The van der Waals surface area contributed by atoms with Crippen LogP contribution in [-0.2, 0) is 15.1 Å². The minimum Gasteiger partial charge on any atom is -0.508 e. The molecule has 5 rings (SSSR count). The van der Waals surface area contributed by atoms with E-state index in [0.717, 1.165) is 0 Å². The molecule has 7 nitrogen and oxygen atoms in total. The highest BCUT2D eigenvalue weighted by molar-refractivity contribution is 14.1. The number of nitrogens with two attached hydrogens (primary N) is 1. The summed E-state index contributed by atoms with van der Waals surface area (Å²) in [6.07, 6.45) is 0. The number of phenols is 2. The van der Waals surface area contributed by atoms with Crippen LogP contribution in [0.1, 0.15) is 27.0 Å². The largest absolute Gasteiger partial charge is 0.508 e. The van der Waals surface area contributed by atoms with E-state index in [2.05, 4.69) is 5.73 Å². The van der Waals surface area contributed by atoms with Gasteiger partial charge in [0.05, 0.1) is 9.99 Å². The fraction of sp³-hybridized carbons (Fsp3) is 0.0909. The summed E-state index contributed by atoms with van der Waals surface area (Å²) in [7, 11) is 0. The Morgan fingerprint density at radius 1 is 0.933 bits per heavy atom. The van der Waals surface area contributed by atoms with Crippen LogP contribution in [0, 0.1) is 0 Å². The number of fused-ring (bicyclic) bond motifs is 6. The zero-order valence-corrected chi connectivity index (χ0v) is 17.6. The van der Waals surface area contributed by atoms with Gasteiger partial charge in [0.1, 0.15) is 23.0 Å². The maximum atomic E-state index is 12.5. The van der Waals surface area contributed by atoms with Gasteiger partial charge in [-0.15, -0.1) is 0 Å². The maximum absolute atomic E-state index is 12.5. The molecule has 1 amide bonds. The molecule has 0 unspecified atom stereocenters. The van der Waals surface area contributed by atoms with Gasteiger partial charge >= 0.3 is 5.97 Å². The summed E-state index contributed by atoms with van der Waals surface area (Å²) in [4.78, 5) is 22.1. The van der Waals surface area contributed by atoms with Gasteiger partial charge in [0, 0.05) is 28.8 Å². The third-order valence-electron chi connectivity index (χ3n) is 4.81. The Labute approximate surface area is 185 Å². The Morgan fingerprint density at radius 3 is 2.00 bits per heavy atom.